The molecule has 0 aliphatic carbocycles. The van der Waals surface area contributed by atoms with Crippen molar-refractivity contribution < 1.29 is 19.4 Å². The summed E-state index contributed by atoms with van der Waals surface area (Å²) in [4.78, 5) is 10.8. The van der Waals surface area contributed by atoms with E-state index in [0.29, 0.717) is 17.1 Å². The van der Waals surface area contributed by atoms with Gasteiger partial charge in [0.15, 0.2) is 11.5 Å². The van der Waals surface area contributed by atoms with Crippen LogP contribution in [-0.4, -0.2) is 23.3 Å². The van der Waals surface area contributed by atoms with Gasteiger partial charge in [0, 0.05) is 0 Å². The molecule has 0 saturated heterocycles. The highest BCUT2D eigenvalue weighted by atomic mass is 16.5. The molecule has 0 amide bonds. The number of carboxylic acid groups (broad SMARTS) is 1. The Bertz CT molecular complexity index is 442. The van der Waals surface area contributed by atoms with Crippen LogP contribution in [0.15, 0.2) is 18.2 Å². The molecule has 0 spiro atoms. The Balaban J connectivity index is 2.99. The number of hydrogen-bond acceptors (Lipinski definition) is 3. The van der Waals surface area contributed by atoms with E-state index in [1.807, 2.05) is 20.8 Å². The molecule has 0 radical (unpaired) electrons. The summed E-state index contributed by atoms with van der Waals surface area (Å²) in [7, 11) is 0. The van der Waals surface area contributed by atoms with Crippen LogP contribution in [0.3, 0.4) is 0 Å². The molecule has 0 aliphatic heterocycles. The molecule has 4 nitrogen and oxygen atoms in total. The fourth-order valence-corrected chi connectivity index (χ4v) is 1.63. The van der Waals surface area contributed by atoms with E-state index < -0.39 is 5.97 Å². The summed E-state index contributed by atoms with van der Waals surface area (Å²) in [6, 6.07) is 5.33. The van der Waals surface area contributed by atoms with E-state index in [9.17, 15) is 4.79 Å². The molecule has 1 rings (SSSR count). The second-order valence-electron chi connectivity index (χ2n) is 5.03. The van der Waals surface area contributed by atoms with E-state index in [2.05, 4.69) is 6.92 Å². The summed E-state index contributed by atoms with van der Waals surface area (Å²) in [5.41, 5.74) is 0.715. The van der Waals surface area contributed by atoms with Gasteiger partial charge in [-0.1, -0.05) is 19.9 Å². The summed E-state index contributed by atoms with van der Waals surface area (Å²) >= 11 is 0. The normalized spacial score (nSPS) is 13.6. The van der Waals surface area contributed by atoms with Gasteiger partial charge in [0.05, 0.1) is 18.6 Å². The van der Waals surface area contributed by atoms with Gasteiger partial charge >= 0.3 is 5.97 Å². The fourth-order valence-electron chi connectivity index (χ4n) is 1.63. The summed E-state index contributed by atoms with van der Waals surface area (Å²) in [5, 5.41) is 8.87. The Labute approximate surface area is 120 Å². The quantitative estimate of drug-likeness (QED) is 0.789. The number of carboxylic acids is 1. The average Bonchev–Trinajstić information content (AvgIpc) is 2.40. The number of aliphatic carboxylic acids is 1. The largest absolute Gasteiger partial charge is 0.487 e. The first-order valence-electron chi connectivity index (χ1n) is 7.14. The SMILES string of the molecule is CCC(C)Oc1ccc(CC(=O)O)cc1OC(C)CC. The first-order valence-corrected chi connectivity index (χ1v) is 7.14. The van der Waals surface area contributed by atoms with Gasteiger partial charge in [-0.3, -0.25) is 4.79 Å². The Hall–Kier alpha value is -1.71. The van der Waals surface area contributed by atoms with Crippen LogP contribution in [0.5, 0.6) is 11.5 Å². The van der Waals surface area contributed by atoms with Gasteiger partial charge in [0.2, 0.25) is 0 Å². The van der Waals surface area contributed by atoms with Crippen LogP contribution in [0.25, 0.3) is 0 Å². The molecule has 2 unspecified atom stereocenters. The first kappa shape index (κ1) is 16.3. The summed E-state index contributed by atoms with van der Waals surface area (Å²) < 4.78 is 11.7. The maximum atomic E-state index is 10.8. The van der Waals surface area contributed by atoms with Crippen LogP contribution in [0, 0.1) is 0 Å². The van der Waals surface area contributed by atoms with Crippen LogP contribution in [-0.2, 0) is 11.2 Å². The molecule has 112 valence electrons. The second kappa shape index (κ2) is 7.78. The Morgan fingerprint density at radius 3 is 2.15 bits per heavy atom. The molecule has 1 aromatic rings. The third kappa shape index (κ3) is 5.11. The van der Waals surface area contributed by atoms with Crippen molar-refractivity contribution in [2.45, 2.75) is 59.2 Å². The predicted molar refractivity (Wildman–Crippen MR) is 78.5 cm³/mol. The summed E-state index contributed by atoms with van der Waals surface area (Å²) in [6.45, 7) is 8.08. The van der Waals surface area contributed by atoms with Crippen molar-refractivity contribution in [3.05, 3.63) is 23.8 Å². The molecule has 0 saturated carbocycles. The van der Waals surface area contributed by atoms with Crippen molar-refractivity contribution in [3.8, 4) is 11.5 Å². The lowest BCUT2D eigenvalue weighted by Gasteiger charge is -2.20. The molecule has 0 aromatic heterocycles. The third-order valence-corrected chi connectivity index (χ3v) is 3.17. The maximum absolute atomic E-state index is 10.8. The van der Waals surface area contributed by atoms with Gasteiger partial charge in [-0.2, -0.15) is 0 Å². The molecule has 1 N–H and O–H groups in total. The van der Waals surface area contributed by atoms with Crippen LogP contribution in [0.2, 0.25) is 0 Å². The molecule has 0 aliphatic rings. The summed E-state index contributed by atoms with van der Waals surface area (Å²) in [5.74, 6) is 0.447. The average molecular weight is 280 g/mol. The van der Waals surface area contributed by atoms with Crippen LogP contribution < -0.4 is 9.47 Å². The van der Waals surface area contributed by atoms with E-state index in [0.717, 1.165) is 12.8 Å². The summed E-state index contributed by atoms with van der Waals surface area (Å²) in [6.07, 6.45) is 1.93. The lowest BCUT2D eigenvalue weighted by Crippen LogP contribution is -2.14. The van der Waals surface area contributed by atoms with E-state index in [4.69, 9.17) is 14.6 Å². The molecule has 0 heterocycles. The van der Waals surface area contributed by atoms with Crippen molar-refractivity contribution in [1.29, 1.82) is 0 Å². The highest BCUT2D eigenvalue weighted by molar-refractivity contribution is 5.70. The van der Waals surface area contributed by atoms with Crippen LogP contribution in [0.1, 0.15) is 46.1 Å². The molecule has 0 fully saturated rings. The lowest BCUT2D eigenvalue weighted by molar-refractivity contribution is -0.136. The number of benzene rings is 1. The van der Waals surface area contributed by atoms with Crippen LogP contribution >= 0.6 is 0 Å². The maximum Gasteiger partial charge on any atom is 0.307 e. The first-order chi connectivity index (χ1) is 9.46. The minimum absolute atomic E-state index is 0.0134. The highest BCUT2D eigenvalue weighted by Crippen LogP contribution is 2.31. The van der Waals surface area contributed by atoms with E-state index in [-0.39, 0.29) is 18.6 Å². The number of carbonyl (C=O) groups is 1. The Morgan fingerprint density at radius 1 is 1.10 bits per heavy atom. The van der Waals surface area contributed by atoms with Gasteiger partial charge in [-0.15, -0.1) is 0 Å². The zero-order valence-corrected chi connectivity index (χ0v) is 12.7. The molecule has 1 aromatic carbocycles. The number of rotatable bonds is 8. The molecule has 4 heteroatoms. The Morgan fingerprint density at radius 2 is 1.65 bits per heavy atom. The standard InChI is InChI=1S/C16H24O4/c1-5-11(3)19-14-8-7-13(10-16(17)18)9-15(14)20-12(4)6-2/h7-9,11-12H,5-6,10H2,1-4H3,(H,17,18). The Kier molecular flexibility index (Phi) is 6.36. The van der Waals surface area contributed by atoms with Gasteiger partial charge in [-0.25, -0.2) is 0 Å². The zero-order chi connectivity index (χ0) is 15.1. The topological polar surface area (TPSA) is 55.8 Å². The van der Waals surface area contributed by atoms with E-state index >= 15 is 0 Å². The van der Waals surface area contributed by atoms with Gasteiger partial charge in [-0.05, 0) is 44.4 Å². The molecule has 0 bridgehead atoms. The van der Waals surface area contributed by atoms with E-state index in [1.165, 1.54) is 0 Å². The van der Waals surface area contributed by atoms with Gasteiger partial charge in [0.1, 0.15) is 0 Å². The number of hydrogen-bond donors (Lipinski definition) is 1. The molecular formula is C16H24O4. The highest BCUT2D eigenvalue weighted by Gasteiger charge is 2.13. The minimum atomic E-state index is -0.852. The third-order valence-electron chi connectivity index (χ3n) is 3.17. The lowest BCUT2D eigenvalue weighted by atomic mass is 10.1. The van der Waals surface area contributed by atoms with Crippen molar-refractivity contribution in [2.75, 3.05) is 0 Å². The van der Waals surface area contributed by atoms with E-state index in [1.54, 1.807) is 18.2 Å². The van der Waals surface area contributed by atoms with Crippen molar-refractivity contribution in [2.24, 2.45) is 0 Å². The van der Waals surface area contributed by atoms with Crippen molar-refractivity contribution >= 4 is 5.97 Å². The van der Waals surface area contributed by atoms with Crippen molar-refractivity contribution in [1.82, 2.24) is 0 Å². The minimum Gasteiger partial charge on any atom is -0.487 e. The van der Waals surface area contributed by atoms with Crippen molar-refractivity contribution in [3.63, 3.8) is 0 Å². The smallest absolute Gasteiger partial charge is 0.307 e. The van der Waals surface area contributed by atoms with Crippen LogP contribution in [0.4, 0.5) is 0 Å². The second-order valence-corrected chi connectivity index (χ2v) is 5.03. The van der Waals surface area contributed by atoms with Gasteiger partial charge < -0.3 is 14.6 Å². The zero-order valence-electron chi connectivity index (χ0n) is 12.7. The monoisotopic (exact) mass is 280 g/mol. The molecule has 2 atom stereocenters. The molecular weight excluding hydrogens is 256 g/mol. The molecule has 20 heavy (non-hydrogen) atoms. The van der Waals surface area contributed by atoms with Gasteiger partial charge in [0.25, 0.3) is 0 Å². The fraction of sp³-hybridized carbons (Fsp3) is 0.562. The number of ether oxygens (including phenoxy) is 2. The predicted octanol–water partition coefficient (Wildman–Crippen LogP) is 3.67.